The molecule has 1 aromatic heterocycles. The molecule has 0 aliphatic heterocycles. The second-order valence-corrected chi connectivity index (χ2v) is 6.13. The Morgan fingerprint density at radius 2 is 2.00 bits per heavy atom. The fourth-order valence-electron chi connectivity index (χ4n) is 2.14. The van der Waals surface area contributed by atoms with Crippen LogP contribution in [0.3, 0.4) is 0 Å². The summed E-state index contributed by atoms with van der Waals surface area (Å²) in [5.41, 5.74) is 0.590. The first-order valence-corrected chi connectivity index (χ1v) is 7.29. The molecule has 1 heterocycles. The van der Waals surface area contributed by atoms with Crippen LogP contribution in [-0.2, 0) is 0 Å². The van der Waals surface area contributed by atoms with E-state index in [0.29, 0.717) is 0 Å². The molecule has 6 heteroatoms. The maximum Gasteiger partial charge on any atom is 0.257 e. The van der Waals surface area contributed by atoms with E-state index in [1.165, 1.54) is 16.2 Å². The van der Waals surface area contributed by atoms with Crippen molar-refractivity contribution in [3.05, 3.63) is 51.0 Å². The Hall–Kier alpha value is -1.82. The van der Waals surface area contributed by atoms with Gasteiger partial charge in [0.2, 0.25) is 0 Å². The SMILES string of the molecule is Cc1nc(C)c(C(C)N(C)C(=O)c2cc(F)ccc2F)s1. The van der Waals surface area contributed by atoms with E-state index in [1.54, 1.807) is 7.05 Å². The average molecular weight is 310 g/mol. The smallest absolute Gasteiger partial charge is 0.257 e. The molecular formula is C15H16F2N2OS. The van der Waals surface area contributed by atoms with Crippen molar-refractivity contribution in [3.63, 3.8) is 0 Å². The van der Waals surface area contributed by atoms with Crippen LogP contribution in [0.25, 0.3) is 0 Å². The summed E-state index contributed by atoms with van der Waals surface area (Å²) < 4.78 is 26.9. The zero-order valence-corrected chi connectivity index (χ0v) is 13.1. The number of aromatic nitrogens is 1. The zero-order chi connectivity index (χ0) is 15.7. The Labute approximate surface area is 126 Å². The fourth-order valence-corrected chi connectivity index (χ4v) is 3.16. The van der Waals surface area contributed by atoms with Gasteiger partial charge >= 0.3 is 0 Å². The summed E-state index contributed by atoms with van der Waals surface area (Å²) >= 11 is 1.50. The van der Waals surface area contributed by atoms with Crippen molar-refractivity contribution < 1.29 is 13.6 Å². The maximum atomic E-state index is 13.7. The van der Waals surface area contributed by atoms with Gasteiger partial charge in [0, 0.05) is 11.9 Å². The molecule has 1 atom stereocenters. The quantitative estimate of drug-likeness (QED) is 0.862. The van der Waals surface area contributed by atoms with E-state index in [2.05, 4.69) is 4.98 Å². The lowest BCUT2D eigenvalue weighted by atomic mass is 10.1. The van der Waals surface area contributed by atoms with Crippen LogP contribution >= 0.6 is 11.3 Å². The third kappa shape index (κ3) is 3.10. The Kier molecular flexibility index (Phi) is 4.37. The monoisotopic (exact) mass is 310 g/mol. The van der Waals surface area contributed by atoms with Gasteiger partial charge < -0.3 is 4.90 Å². The number of carbonyl (C=O) groups is 1. The first-order valence-electron chi connectivity index (χ1n) is 6.47. The molecule has 1 unspecified atom stereocenters. The number of rotatable bonds is 3. The Bertz CT molecular complexity index is 684. The third-order valence-corrected chi connectivity index (χ3v) is 4.62. The number of nitrogens with zero attached hydrogens (tertiary/aromatic N) is 2. The number of carbonyl (C=O) groups excluding carboxylic acids is 1. The Morgan fingerprint density at radius 1 is 1.33 bits per heavy atom. The van der Waals surface area contributed by atoms with Crippen molar-refractivity contribution in [2.24, 2.45) is 0 Å². The molecule has 0 aliphatic rings. The van der Waals surface area contributed by atoms with Gasteiger partial charge in [0.05, 0.1) is 22.3 Å². The normalized spacial score (nSPS) is 12.3. The van der Waals surface area contributed by atoms with Gasteiger partial charge in [-0.1, -0.05) is 0 Å². The minimum absolute atomic E-state index is 0.258. The maximum absolute atomic E-state index is 13.7. The lowest BCUT2D eigenvalue weighted by Gasteiger charge is -2.24. The lowest BCUT2D eigenvalue weighted by Crippen LogP contribution is -2.30. The molecule has 1 aromatic carbocycles. The van der Waals surface area contributed by atoms with Gasteiger partial charge in [0.25, 0.3) is 5.91 Å². The van der Waals surface area contributed by atoms with Gasteiger partial charge in [-0.15, -0.1) is 11.3 Å². The molecule has 2 aromatic rings. The Morgan fingerprint density at radius 3 is 2.57 bits per heavy atom. The predicted molar refractivity (Wildman–Crippen MR) is 78.5 cm³/mol. The minimum Gasteiger partial charge on any atom is -0.334 e. The molecule has 0 bridgehead atoms. The fraction of sp³-hybridized carbons (Fsp3) is 0.333. The van der Waals surface area contributed by atoms with Crippen LogP contribution in [0.2, 0.25) is 0 Å². The molecule has 2 rings (SSSR count). The molecule has 0 saturated heterocycles. The van der Waals surface area contributed by atoms with Gasteiger partial charge in [-0.25, -0.2) is 13.8 Å². The van der Waals surface area contributed by atoms with Crippen LogP contribution < -0.4 is 0 Å². The average Bonchev–Trinajstić information content (AvgIpc) is 2.78. The van der Waals surface area contributed by atoms with Gasteiger partial charge in [-0.2, -0.15) is 0 Å². The zero-order valence-electron chi connectivity index (χ0n) is 12.3. The van der Waals surface area contributed by atoms with E-state index < -0.39 is 17.5 Å². The number of hydrogen-bond donors (Lipinski definition) is 0. The van der Waals surface area contributed by atoms with Crippen molar-refractivity contribution in [1.29, 1.82) is 0 Å². The van der Waals surface area contributed by atoms with Gasteiger partial charge in [0.15, 0.2) is 0 Å². The third-order valence-electron chi connectivity index (χ3n) is 3.38. The van der Waals surface area contributed by atoms with Gasteiger partial charge in [-0.05, 0) is 39.0 Å². The Balaban J connectivity index is 2.30. The summed E-state index contributed by atoms with van der Waals surface area (Å²) in [4.78, 5) is 19.0. The molecule has 0 aliphatic carbocycles. The van der Waals surface area contributed by atoms with Gasteiger partial charge in [-0.3, -0.25) is 4.79 Å². The molecule has 112 valence electrons. The van der Waals surface area contributed by atoms with Crippen LogP contribution in [0, 0.1) is 25.5 Å². The molecule has 0 radical (unpaired) electrons. The molecule has 1 amide bonds. The number of benzene rings is 1. The highest BCUT2D eigenvalue weighted by Crippen LogP contribution is 2.29. The number of amides is 1. The highest BCUT2D eigenvalue weighted by Gasteiger charge is 2.24. The van der Waals surface area contributed by atoms with Gasteiger partial charge in [0.1, 0.15) is 11.6 Å². The second-order valence-electron chi connectivity index (χ2n) is 4.90. The first-order chi connectivity index (χ1) is 9.81. The van der Waals surface area contributed by atoms with E-state index in [0.717, 1.165) is 33.8 Å². The number of hydrogen-bond acceptors (Lipinski definition) is 3. The summed E-state index contributed by atoms with van der Waals surface area (Å²) in [6, 6.07) is 2.62. The van der Waals surface area contributed by atoms with Crippen LogP contribution in [0.5, 0.6) is 0 Å². The van der Waals surface area contributed by atoms with Crippen molar-refractivity contribution in [2.45, 2.75) is 26.8 Å². The first kappa shape index (κ1) is 15.6. The summed E-state index contributed by atoms with van der Waals surface area (Å²) in [6.45, 7) is 5.60. The van der Waals surface area contributed by atoms with E-state index in [9.17, 15) is 13.6 Å². The molecule has 21 heavy (non-hydrogen) atoms. The number of halogens is 2. The van der Waals surface area contributed by atoms with Crippen LogP contribution in [-0.4, -0.2) is 22.8 Å². The molecule has 0 spiro atoms. The largest absolute Gasteiger partial charge is 0.334 e. The number of thiazole rings is 1. The van der Waals surface area contributed by atoms with E-state index >= 15 is 0 Å². The minimum atomic E-state index is -0.724. The van der Waals surface area contributed by atoms with E-state index in [1.807, 2.05) is 20.8 Å². The summed E-state index contributed by atoms with van der Waals surface area (Å²) in [5.74, 6) is -1.91. The van der Waals surface area contributed by atoms with E-state index in [4.69, 9.17) is 0 Å². The highest BCUT2D eigenvalue weighted by molar-refractivity contribution is 7.11. The van der Waals surface area contributed by atoms with E-state index in [-0.39, 0.29) is 11.6 Å². The molecular weight excluding hydrogens is 294 g/mol. The second kappa shape index (κ2) is 5.89. The lowest BCUT2D eigenvalue weighted by molar-refractivity contribution is 0.0739. The highest BCUT2D eigenvalue weighted by atomic mass is 32.1. The van der Waals surface area contributed by atoms with Crippen molar-refractivity contribution in [2.75, 3.05) is 7.05 Å². The van der Waals surface area contributed by atoms with Crippen molar-refractivity contribution in [3.8, 4) is 0 Å². The van der Waals surface area contributed by atoms with Crippen LogP contribution in [0.15, 0.2) is 18.2 Å². The van der Waals surface area contributed by atoms with Crippen molar-refractivity contribution >= 4 is 17.2 Å². The van der Waals surface area contributed by atoms with Crippen LogP contribution in [0.4, 0.5) is 8.78 Å². The predicted octanol–water partition coefficient (Wildman–Crippen LogP) is 3.87. The molecule has 0 N–H and O–H groups in total. The molecule has 3 nitrogen and oxygen atoms in total. The van der Waals surface area contributed by atoms with Crippen LogP contribution in [0.1, 0.15) is 38.9 Å². The summed E-state index contributed by atoms with van der Waals surface area (Å²) in [6.07, 6.45) is 0. The summed E-state index contributed by atoms with van der Waals surface area (Å²) in [5, 5.41) is 0.909. The molecule has 0 fully saturated rings. The van der Waals surface area contributed by atoms with Crippen molar-refractivity contribution in [1.82, 2.24) is 9.88 Å². The topological polar surface area (TPSA) is 33.2 Å². The number of aryl methyl sites for hydroxylation is 2. The standard InChI is InChI=1S/C15H16F2N2OS/c1-8-14(21-10(3)18-8)9(2)19(4)15(20)12-7-11(16)5-6-13(12)17/h5-7,9H,1-4H3. The summed E-state index contributed by atoms with van der Waals surface area (Å²) in [7, 11) is 1.58. The molecule has 0 saturated carbocycles.